The molecule has 0 heterocycles. The average Bonchev–Trinajstić information content (AvgIpc) is 1.88. The Morgan fingerprint density at radius 3 is 2.00 bits per heavy atom. The number of hydrogen-bond donors (Lipinski definition) is 2. The van der Waals surface area contributed by atoms with E-state index >= 15 is 0 Å². The van der Waals surface area contributed by atoms with Gasteiger partial charge in [0.25, 0.3) is 0 Å². The van der Waals surface area contributed by atoms with Crippen LogP contribution < -0.4 is 0 Å². The van der Waals surface area contributed by atoms with Crippen molar-refractivity contribution in [1.29, 1.82) is 0 Å². The molecule has 0 unspecified atom stereocenters. The van der Waals surface area contributed by atoms with Crippen molar-refractivity contribution in [3.8, 4) is 0 Å². The summed E-state index contributed by atoms with van der Waals surface area (Å²) in [5, 5.41) is 0. The summed E-state index contributed by atoms with van der Waals surface area (Å²) >= 11 is 8.13. The normalized spacial score (nSPS) is 10.4. The monoisotopic (exact) mass is 174 g/mol. The van der Waals surface area contributed by atoms with Crippen LogP contribution in [-0.2, 0) is 0 Å². The lowest BCUT2D eigenvalue weighted by Crippen LogP contribution is -1.80. The topological polar surface area (TPSA) is 0 Å². The van der Waals surface area contributed by atoms with Gasteiger partial charge in [0.1, 0.15) is 5.82 Å². The molecule has 0 atom stereocenters. The molecule has 0 fully saturated rings. The highest BCUT2D eigenvalue weighted by Gasteiger charge is 1.98. The number of benzene rings is 1. The van der Waals surface area contributed by atoms with Crippen LogP contribution in [0.15, 0.2) is 24.3 Å². The van der Waals surface area contributed by atoms with Gasteiger partial charge in [-0.3, -0.25) is 0 Å². The molecular weight excluding hydrogens is 167 g/mol. The van der Waals surface area contributed by atoms with Crippen molar-refractivity contribution in [2.75, 3.05) is 0 Å². The molecule has 0 radical (unpaired) electrons. The summed E-state index contributed by atoms with van der Waals surface area (Å²) < 4.78 is 12.2. The second-order valence-corrected chi connectivity index (χ2v) is 3.37. The standard InChI is InChI=1S/C7H7FS2/c8-6-3-1-5(2-4-6)7(9)10/h1-4,7,9-10H. The van der Waals surface area contributed by atoms with Crippen molar-refractivity contribution in [3.63, 3.8) is 0 Å². The molecule has 0 saturated heterocycles. The summed E-state index contributed by atoms with van der Waals surface area (Å²) in [6, 6.07) is 6.13. The van der Waals surface area contributed by atoms with Gasteiger partial charge in [-0.1, -0.05) is 12.1 Å². The quantitative estimate of drug-likeness (QED) is 0.474. The van der Waals surface area contributed by atoms with Gasteiger partial charge in [0.05, 0.1) is 4.58 Å². The first-order chi connectivity index (χ1) is 4.70. The van der Waals surface area contributed by atoms with Crippen molar-refractivity contribution < 1.29 is 4.39 Å². The van der Waals surface area contributed by atoms with E-state index in [-0.39, 0.29) is 10.4 Å². The first-order valence-corrected chi connectivity index (χ1v) is 3.85. The highest BCUT2D eigenvalue weighted by atomic mass is 32.2. The first kappa shape index (κ1) is 7.95. The number of hydrogen-bond acceptors (Lipinski definition) is 2. The molecule has 1 rings (SSSR count). The summed E-state index contributed by atoms with van der Waals surface area (Å²) in [6.45, 7) is 0. The first-order valence-electron chi connectivity index (χ1n) is 2.82. The maximum Gasteiger partial charge on any atom is 0.123 e. The van der Waals surface area contributed by atoms with Crippen LogP contribution in [0.3, 0.4) is 0 Å². The number of thiol groups is 2. The van der Waals surface area contributed by atoms with E-state index in [1.54, 1.807) is 12.1 Å². The maximum atomic E-state index is 12.3. The Labute approximate surface area is 70.3 Å². The molecule has 0 amide bonds. The Morgan fingerprint density at radius 1 is 1.10 bits per heavy atom. The fourth-order valence-electron chi connectivity index (χ4n) is 0.635. The Hall–Kier alpha value is -0.150. The van der Waals surface area contributed by atoms with Gasteiger partial charge in [-0.15, -0.1) is 0 Å². The molecule has 1 aromatic rings. The molecule has 0 aliphatic rings. The van der Waals surface area contributed by atoms with E-state index in [4.69, 9.17) is 0 Å². The van der Waals surface area contributed by atoms with Gasteiger partial charge in [0.15, 0.2) is 0 Å². The minimum atomic E-state index is -0.230. The highest BCUT2D eigenvalue weighted by molar-refractivity contribution is 7.98. The Kier molecular flexibility index (Phi) is 2.63. The van der Waals surface area contributed by atoms with Crippen molar-refractivity contribution in [1.82, 2.24) is 0 Å². The molecule has 0 aromatic heterocycles. The molecule has 0 bridgehead atoms. The average molecular weight is 174 g/mol. The van der Waals surface area contributed by atoms with Gasteiger partial charge in [0, 0.05) is 0 Å². The fourth-order valence-corrected chi connectivity index (χ4v) is 0.979. The Balaban J connectivity index is 2.89. The predicted molar refractivity (Wildman–Crippen MR) is 47.1 cm³/mol. The van der Waals surface area contributed by atoms with Gasteiger partial charge in [0.2, 0.25) is 0 Å². The Morgan fingerprint density at radius 2 is 1.60 bits per heavy atom. The third kappa shape index (κ3) is 1.92. The minimum Gasteiger partial charge on any atom is -0.207 e. The maximum absolute atomic E-state index is 12.3. The van der Waals surface area contributed by atoms with Crippen molar-refractivity contribution in [2.45, 2.75) is 4.58 Å². The summed E-state index contributed by atoms with van der Waals surface area (Å²) in [4.78, 5) is 0. The smallest absolute Gasteiger partial charge is 0.123 e. The van der Waals surface area contributed by atoms with E-state index in [9.17, 15) is 4.39 Å². The van der Waals surface area contributed by atoms with Crippen LogP contribution in [0.25, 0.3) is 0 Å². The van der Waals surface area contributed by atoms with Gasteiger partial charge < -0.3 is 0 Å². The van der Waals surface area contributed by atoms with Crippen LogP contribution in [-0.4, -0.2) is 0 Å². The van der Waals surface area contributed by atoms with Crippen LogP contribution in [0.1, 0.15) is 10.1 Å². The zero-order valence-corrected chi connectivity index (χ0v) is 6.95. The molecule has 0 nitrogen and oxygen atoms in total. The SMILES string of the molecule is Fc1ccc(C(S)S)cc1. The van der Waals surface area contributed by atoms with Crippen LogP contribution in [0.5, 0.6) is 0 Å². The summed E-state index contributed by atoms with van der Waals surface area (Å²) in [6.07, 6.45) is 0. The van der Waals surface area contributed by atoms with E-state index in [1.165, 1.54) is 12.1 Å². The van der Waals surface area contributed by atoms with E-state index in [0.717, 1.165) is 5.56 Å². The lowest BCUT2D eigenvalue weighted by atomic mass is 10.2. The van der Waals surface area contributed by atoms with Crippen LogP contribution in [0, 0.1) is 5.82 Å². The van der Waals surface area contributed by atoms with Crippen molar-refractivity contribution in [2.24, 2.45) is 0 Å². The van der Waals surface area contributed by atoms with Crippen molar-refractivity contribution in [3.05, 3.63) is 35.6 Å². The molecule has 0 aliphatic carbocycles. The lowest BCUT2D eigenvalue weighted by molar-refractivity contribution is 0.627. The molecule has 54 valence electrons. The number of halogens is 1. The highest BCUT2D eigenvalue weighted by Crippen LogP contribution is 2.22. The third-order valence-corrected chi connectivity index (χ3v) is 1.76. The number of rotatable bonds is 1. The summed E-state index contributed by atoms with van der Waals surface area (Å²) in [5.41, 5.74) is 0.910. The largest absolute Gasteiger partial charge is 0.207 e. The van der Waals surface area contributed by atoms with Gasteiger partial charge >= 0.3 is 0 Å². The molecule has 10 heavy (non-hydrogen) atoms. The molecule has 0 spiro atoms. The van der Waals surface area contributed by atoms with Gasteiger partial charge in [-0.05, 0) is 17.7 Å². The fraction of sp³-hybridized carbons (Fsp3) is 0.143. The minimum absolute atomic E-state index is 0.124. The second-order valence-electron chi connectivity index (χ2n) is 1.93. The van der Waals surface area contributed by atoms with Crippen LogP contribution in [0.2, 0.25) is 0 Å². The third-order valence-electron chi connectivity index (χ3n) is 1.17. The van der Waals surface area contributed by atoms with Crippen molar-refractivity contribution >= 4 is 25.3 Å². The molecule has 1 aromatic carbocycles. The van der Waals surface area contributed by atoms with E-state index in [1.807, 2.05) is 0 Å². The van der Waals surface area contributed by atoms with E-state index in [2.05, 4.69) is 25.3 Å². The van der Waals surface area contributed by atoms with E-state index in [0.29, 0.717) is 0 Å². The molecule has 0 aliphatic heterocycles. The molecule has 0 N–H and O–H groups in total. The van der Waals surface area contributed by atoms with E-state index < -0.39 is 0 Å². The molecule has 0 saturated carbocycles. The zero-order chi connectivity index (χ0) is 7.56. The Bertz CT molecular complexity index is 205. The van der Waals surface area contributed by atoms with Gasteiger partial charge in [-0.25, -0.2) is 4.39 Å². The summed E-state index contributed by atoms with van der Waals surface area (Å²) in [5.74, 6) is -0.230. The molecular formula is C7H7FS2. The second kappa shape index (κ2) is 3.30. The van der Waals surface area contributed by atoms with Crippen LogP contribution in [0.4, 0.5) is 4.39 Å². The summed E-state index contributed by atoms with van der Waals surface area (Å²) in [7, 11) is 0. The zero-order valence-electron chi connectivity index (χ0n) is 5.16. The lowest BCUT2D eigenvalue weighted by Gasteiger charge is -2.01. The predicted octanol–water partition coefficient (Wildman–Crippen LogP) is 2.68. The molecule has 3 heteroatoms. The van der Waals surface area contributed by atoms with Gasteiger partial charge in [-0.2, -0.15) is 25.3 Å². The van der Waals surface area contributed by atoms with Crippen LogP contribution >= 0.6 is 25.3 Å².